The van der Waals surface area contributed by atoms with Gasteiger partial charge in [-0.25, -0.2) is 5.01 Å². The Hall–Kier alpha value is -0.890. The van der Waals surface area contributed by atoms with Crippen molar-refractivity contribution in [2.75, 3.05) is 7.05 Å². The van der Waals surface area contributed by atoms with E-state index in [0.717, 1.165) is 0 Å². The second-order valence-electron chi connectivity index (χ2n) is 1.85. The molecule has 4 heteroatoms. The van der Waals surface area contributed by atoms with Crippen LogP contribution in [0.5, 0.6) is 0 Å². The predicted octanol–water partition coefficient (Wildman–Crippen LogP) is 1.55. The third-order valence-corrected chi connectivity index (χ3v) is 0.928. The van der Waals surface area contributed by atoms with Crippen molar-refractivity contribution in [2.45, 2.75) is 19.9 Å². The first-order chi connectivity index (χ1) is 3.68. The number of rotatable bonds is 2. The van der Waals surface area contributed by atoms with Gasteiger partial charge in [0, 0.05) is 0 Å². The van der Waals surface area contributed by atoms with E-state index in [2.05, 4.69) is 10.1 Å². The van der Waals surface area contributed by atoms with Crippen LogP contribution in [0.3, 0.4) is 0 Å². The normalized spacial score (nSPS) is 8.50. The summed E-state index contributed by atoms with van der Waals surface area (Å²) in [5, 5.41) is 4.89. The predicted molar refractivity (Wildman–Crippen MR) is 32.0 cm³/mol. The molecule has 0 heterocycles. The molecule has 0 atom stereocenters. The molecule has 0 aliphatic heterocycles. The maximum absolute atomic E-state index is 7.90. The van der Waals surface area contributed by atoms with Gasteiger partial charge in [-0.15, -0.1) is 5.53 Å². The summed E-state index contributed by atoms with van der Waals surface area (Å²) in [5.74, 6) is 0. The van der Waals surface area contributed by atoms with Crippen LogP contribution in [0.2, 0.25) is 0 Å². The highest BCUT2D eigenvalue weighted by atomic mass is 15.5. The van der Waals surface area contributed by atoms with Crippen LogP contribution in [0.25, 0.3) is 10.4 Å². The zero-order valence-corrected chi connectivity index (χ0v) is 5.37. The second-order valence-corrected chi connectivity index (χ2v) is 1.85. The van der Waals surface area contributed by atoms with E-state index < -0.39 is 0 Å². The van der Waals surface area contributed by atoms with Crippen LogP contribution in [0, 0.1) is 0 Å². The van der Waals surface area contributed by atoms with Crippen molar-refractivity contribution in [3.63, 3.8) is 0 Å². The van der Waals surface area contributed by atoms with E-state index >= 15 is 0 Å². The van der Waals surface area contributed by atoms with Crippen molar-refractivity contribution < 1.29 is 0 Å². The van der Waals surface area contributed by atoms with Crippen LogP contribution in [0.15, 0.2) is 5.22 Å². The first kappa shape index (κ1) is 7.11. The van der Waals surface area contributed by atoms with Crippen LogP contribution >= 0.6 is 0 Å². The highest BCUT2D eigenvalue weighted by Gasteiger charge is 1.98. The summed E-state index contributed by atoms with van der Waals surface area (Å²) in [6, 6.07) is 0.283. The van der Waals surface area contributed by atoms with Gasteiger partial charge in [0.05, 0.1) is 13.1 Å². The molecule has 0 saturated carbocycles. The van der Waals surface area contributed by atoms with Crippen molar-refractivity contribution in [3.8, 4) is 0 Å². The molecular weight excluding hydrogens is 104 g/mol. The van der Waals surface area contributed by atoms with E-state index in [1.807, 2.05) is 13.8 Å². The molecule has 46 valence electrons. The fourth-order valence-corrected chi connectivity index (χ4v) is 0.166. The zero-order chi connectivity index (χ0) is 6.57. The van der Waals surface area contributed by atoms with Gasteiger partial charge in [-0.1, -0.05) is 0 Å². The Balaban J connectivity index is 3.63. The lowest BCUT2D eigenvalue weighted by Crippen LogP contribution is -2.18. The molecule has 0 radical (unpaired) electrons. The smallest absolute Gasteiger partial charge is 0.0931 e. The fourth-order valence-electron chi connectivity index (χ4n) is 0.166. The molecular formula is C4H10N4. The summed E-state index contributed by atoms with van der Waals surface area (Å²) >= 11 is 0. The van der Waals surface area contributed by atoms with Crippen molar-refractivity contribution in [3.05, 3.63) is 10.4 Å². The first-order valence-corrected chi connectivity index (χ1v) is 2.46. The fraction of sp³-hybridized carbons (Fsp3) is 1.00. The SMILES string of the molecule is CC(C)N(C)N=[N+]=[N-]. The molecule has 0 unspecified atom stereocenters. The highest BCUT2D eigenvalue weighted by Crippen LogP contribution is 1.92. The topological polar surface area (TPSA) is 52.0 Å². The minimum Gasteiger partial charge on any atom is -0.248 e. The van der Waals surface area contributed by atoms with Gasteiger partial charge in [0.1, 0.15) is 0 Å². The molecule has 0 amide bonds. The molecule has 0 aliphatic carbocycles. The van der Waals surface area contributed by atoms with E-state index in [1.54, 1.807) is 12.1 Å². The van der Waals surface area contributed by atoms with E-state index in [0.29, 0.717) is 0 Å². The van der Waals surface area contributed by atoms with Gasteiger partial charge < -0.3 is 0 Å². The molecule has 4 nitrogen and oxygen atoms in total. The zero-order valence-electron chi connectivity index (χ0n) is 5.37. The van der Waals surface area contributed by atoms with Crippen molar-refractivity contribution in [1.29, 1.82) is 0 Å². The summed E-state index contributed by atoms with van der Waals surface area (Å²) in [7, 11) is 1.74. The third kappa shape index (κ3) is 2.31. The summed E-state index contributed by atoms with van der Waals surface area (Å²) in [5.41, 5.74) is 7.90. The lowest BCUT2D eigenvalue weighted by Gasteiger charge is -2.09. The minimum atomic E-state index is 0.283. The van der Waals surface area contributed by atoms with Crippen LogP contribution in [-0.2, 0) is 0 Å². The van der Waals surface area contributed by atoms with Gasteiger partial charge in [0.25, 0.3) is 0 Å². The number of hydrogen-bond donors (Lipinski definition) is 0. The lowest BCUT2D eigenvalue weighted by molar-refractivity contribution is 0.283. The Morgan fingerprint density at radius 1 is 1.62 bits per heavy atom. The molecule has 0 N–H and O–H groups in total. The molecule has 0 fully saturated rings. The van der Waals surface area contributed by atoms with Gasteiger partial charge >= 0.3 is 0 Å². The molecule has 0 aliphatic rings. The molecule has 0 aromatic rings. The number of hydrogen-bond acceptors (Lipinski definition) is 1. The quantitative estimate of drug-likeness (QED) is 0.232. The maximum Gasteiger partial charge on any atom is 0.0931 e. The molecule has 0 aromatic heterocycles. The standard InChI is InChI=1S/C4H10N4/c1-4(2)8(3)7-6-5/h4H,1-3H3. The Morgan fingerprint density at radius 3 is 2.25 bits per heavy atom. The molecule has 0 aromatic carbocycles. The Kier molecular flexibility index (Phi) is 2.80. The molecule has 8 heavy (non-hydrogen) atoms. The summed E-state index contributed by atoms with van der Waals surface area (Å²) in [6.45, 7) is 3.91. The van der Waals surface area contributed by atoms with Gasteiger partial charge in [0.2, 0.25) is 0 Å². The van der Waals surface area contributed by atoms with Crippen LogP contribution in [0.1, 0.15) is 13.8 Å². The van der Waals surface area contributed by atoms with Crippen LogP contribution < -0.4 is 0 Å². The van der Waals surface area contributed by atoms with E-state index in [9.17, 15) is 0 Å². The lowest BCUT2D eigenvalue weighted by atomic mass is 10.4. The van der Waals surface area contributed by atoms with E-state index in [1.165, 1.54) is 0 Å². The van der Waals surface area contributed by atoms with E-state index in [-0.39, 0.29) is 6.04 Å². The maximum atomic E-state index is 7.90. The van der Waals surface area contributed by atoms with Crippen molar-refractivity contribution >= 4 is 0 Å². The molecule has 0 saturated heterocycles. The Morgan fingerprint density at radius 2 is 2.12 bits per heavy atom. The van der Waals surface area contributed by atoms with E-state index in [4.69, 9.17) is 5.53 Å². The van der Waals surface area contributed by atoms with Gasteiger partial charge in [0.15, 0.2) is 0 Å². The first-order valence-electron chi connectivity index (χ1n) is 2.46. The largest absolute Gasteiger partial charge is 0.248 e. The Labute approximate surface area is 48.7 Å². The third-order valence-electron chi connectivity index (χ3n) is 0.928. The number of nitrogens with zero attached hydrogens (tertiary/aromatic N) is 4. The van der Waals surface area contributed by atoms with Gasteiger partial charge in [-0.05, 0) is 19.1 Å². The summed E-state index contributed by atoms with van der Waals surface area (Å²) in [6.07, 6.45) is 0. The monoisotopic (exact) mass is 114 g/mol. The summed E-state index contributed by atoms with van der Waals surface area (Å²) in [4.78, 5) is 2.61. The molecule has 0 spiro atoms. The highest BCUT2D eigenvalue weighted by molar-refractivity contribution is 4.49. The average molecular weight is 114 g/mol. The molecule has 0 bridgehead atoms. The summed E-state index contributed by atoms with van der Waals surface area (Å²) < 4.78 is 0. The van der Waals surface area contributed by atoms with Crippen molar-refractivity contribution in [2.24, 2.45) is 5.22 Å². The molecule has 0 rings (SSSR count). The minimum absolute atomic E-state index is 0.283. The van der Waals surface area contributed by atoms with Crippen LogP contribution in [0.4, 0.5) is 0 Å². The number of azide groups is 1. The van der Waals surface area contributed by atoms with Crippen LogP contribution in [-0.4, -0.2) is 18.1 Å². The Bertz CT molecular complexity index is 103. The van der Waals surface area contributed by atoms with Gasteiger partial charge in [-0.3, -0.25) is 0 Å². The average Bonchev–Trinajstić information content (AvgIpc) is 1.67. The van der Waals surface area contributed by atoms with Gasteiger partial charge in [-0.2, -0.15) is 4.91 Å². The second kappa shape index (κ2) is 3.16. The van der Waals surface area contributed by atoms with Crippen molar-refractivity contribution in [1.82, 2.24) is 5.01 Å².